The van der Waals surface area contributed by atoms with E-state index in [-0.39, 0.29) is 5.56 Å². The Hall–Kier alpha value is -2.60. The van der Waals surface area contributed by atoms with Gasteiger partial charge >= 0.3 is 0 Å². The molecule has 3 rings (SSSR count). The molecule has 0 unspecified atom stereocenters. The highest BCUT2D eigenvalue weighted by Gasteiger charge is 2.12. The van der Waals surface area contributed by atoms with Crippen molar-refractivity contribution >= 4 is 10.9 Å². The molecule has 0 amide bonds. The molecule has 0 atom stereocenters. The second-order valence-corrected chi connectivity index (χ2v) is 5.71. The molecule has 0 aliphatic carbocycles. The largest absolute Gasteiger partial charge is 0.497 e. The van der Waals surface area contributed by atoms with E-state index in [1.807, 2.05) is 49.1 Å². The molecule has 0 aliphatic heterocycles. The van der Waals surface area contributed by atoms with Crippen molar-refractivity contribution in [2.75, 3.05) is 27.7 Å². The Labute approximate surface area is 134 Å². The molecule has 0 saturated heterocycles. The quantitative estimate of drug-likeness (QED) is 0.782. The monoisotopic (exact) mass is 312 g/mol. The molecule has 23 heavy (non-hydrogen) atoms. The van der Waals surface area contributed by atoms with E-state index in [1.165, 1.54) is 0 Å². The number of H-pyrrole nitrogens is 1. The summed E-state index contributed by atoms with van der Waals surface area (Å²) in [7, 11) is 5.65. The highest BCUT2D eigenvalue weighted by molar-refractivity contribution is 5.83. The summed E-state index contributed by atoms with van der Waals surface area (Å²) in [4.78, 5) is 21.8. The topological polar surface area (TPSA) is 63.1 Å². The van der Waals surface area contributed by atoms with Gasteiger partial charge in [-0.1, -0.05) is 0 Å². The molecule has 0 radical (unpaired) electrons. The summed E-state index contributed by atoms with van der Waals surface area (Å²) in [6.45, 7) is 1.66. The predicted octanol–water partition coefficient (Wildman–Crippen LogP) is 1.96. The lowest BCUT2D eigenvalue weighted by Crippen LogP contribution is -2.19. The van der Waals surface area contributed by atoms with Gasteiger partial charge in [0, 0.05) is 31.5 Å². The number of methoxy groups -OCH3 is 1. The number of imidazole rings is 1. The lowest BCUT2D eigenvalue weighted by Gasteiger charge is -2.12. The minimum atomic E-state index is -0.150. The first-order valence-electron chi connectivity index (χ1n) is 7.46. The van der Waals surface area contributed by atoms with E-state index in [2.05, 4.69) is 14.9 Å². The van der Waals surface area contributed by atoms with Crippen LogP contribution >= 0.6 is 0 Å². The van der Waals surface area contributed by atoms with Crippen molar-refractivity contribution in [3.8, 4) is 17.1 Å². The summed E-state index contributed by atoms with van der Waals surface area (Å²) < 4.78 is 7.19. The molecule has 0 spiro atoms. The molecule has 6 nitrogen and oxygen atoms in total. The number of rotatable bonds is 5. The van der Waals surface area contributed by atoms with E-state index in [9.17, 15) is 4.79 Å². The van der Waals surface area contributed by atoms with Gasteiger partial charge in [-0.05, 0) is 37.7 Å². The standard InChI is InChI=1S/C17H20N4O2/c1-20(2)8-9-21-7-6-18-16(21)14-10-12-4-5-13(23-3)11-15(12)19-17(14)22/h4-7,10-11H,8-9H2,1-3H3,(H,19,22). The van der Waals surface area contributed by atoms with Crippen LogP contribution in [0.1, 0.15) is 0 Å². The molecule has 0 aliphatic rings. The highest BCUT2D eigenvalue weighted by atomic mass is 16.5. The van der Waals surface area contributed by atoms with E-state index in [0.29, 0.717) is 17.1 Å². The van der Waals surface area contributed by atoms with Gasteiger partial charge in [-0.3, -0.25) is 4.79 Å². The molecule has 0 bridgehead atoms. The summed E-state index contributed by atoms with van der Waals surface area (Å²) in [6, 6.07) is 7.50. The van der Waals surface area contributed by atoms with E-state index >= 15 is 0 Å². The first kappa shape index (κ1) is 15.3. The van der Waals surface area contributed by atoms with Crippen LogP contribution in [-0.4, -0.2) is 47.2 Å². The predicted molar refractivity (Wildman–Crippen MR) is 90.9 cm³/mol. The maximum Gasteiger partial charge on any atom is 0.259 e. The van der Waals surface area contributed by atoms with Gasteiger partial charge in [0.1, 0.15) is 11.6 Å². The SMILES string of the molecule is COc1ccc2cc(-c3nccn3CCN(C)C)c(=O)[nH]c2c1. The normalized spacial score (nSPS) is 11.3. The smallest absolute Gasteiger partial charge is 0.259 e. The third kappa shape index (κ3) is 3.12. The van der Waals surface area contributed by atoms with E-state index in [0.717, 1.165) is 24.0 Å². The molecule has 2 heterocycles. The Morgan fingerprint density at radius 3 is 2.87 bits per heavy atom. The maximum absolute atomic E-state index is 12.5. The van der Waals surface area contributed by atoms with Crippen LogP contribution in [0.5, 0.6) is 5.75 Å². The molecule has 3 aromatic rings. The number of nitrogens with one attached hydrogen (secondary N) is 1. The van der Waals surface area contributed by atoms with Crippen molar-refractivity contribution in [1.82, 2.24) is 19.4 Å². The Morgan fingerprint density at radius 2 is 2.13 bits per heavy atom. The number of likely N-dealkylation sites (N-methyl/N-ethyl adjacent to an activating group) is 1. The van der Waals surface area contributed by atoms with Gasteiger partial charge in [-0.25, -0.2) is 4.98 Å². The van der Waals surface area contributed by atoms with Gasteiger partial charge in [-0.2, -0.15) is 0 Å². The van der Waals surface area contributed by atoms with Gasteiger partial charge in [0.2, 0.25) is 0 Å². The Balaban J connectivity index is 2.05. The Bertz CT molecular complexity index is 880. The molecule has 0 saturated carbocycles. The average Bonchev–Trinajstić information content (AvgIpc) is 2.99. The number of fused-ring (bicyclic) bond motifs is 1. The third-order valence-electron chi connectivity index (χ3n) is 3.80. The zero-order valence-corrected chi connectivity index (χ0v) is 13.5. The second-order valence-electron chi connectivity index (χ2n) is 5.71. The summed E-state index contributed by atoms with van der Waals surface area (Å²) >= 11 is 0. The van der Waals surface area contributed by atoms with Crippen LogP contribution in [0.15, 0.2) is 41.5 Å². The fraction of sp³-hybridized carbons (Fsp3) is 0.294. The first-order chi connectivity index (χ1) is 11.1. The number of pyridine rings is 1. The van der Waals surface area contributed by atoms with Crippen LogP contribution < -0.4 is 10.3 Å². The average molecular weight is 312 g/mol. The van der Waals surface area contributed by atoms with Gasteiger partial charge in [0.25, 0.3) is 5.56 Å². The summed E-state index contributed by atoms with van der Waals surface area (Å²) in [5, 5.41) is 0.947. The van der Waals surface area contributed by atoms with Crippen molar-refractivity contribution in [2.45, 2.75) is 6.54 Å². The minimum absolute atomic E-state index is 0.150. The van der Waals surface area contributed by atoms with Crippen LogP contribution in [0.3, 0.4) is 0 Å². The van der Waals surface area contributed by atoms with Gasteiger partial charge in [0.05, 0.1) is 18.2 Å². The number of ether oxygens (including phenoxy) is 1. The number of aromatic nitrogens is 3. The van der Waals surface area contributed by atoms with Gasteiger partial charge in [0.15, 0.2) is 0 Å². The number of nitrogens with zero attached hydrogens (tertiary/aromatic N) is 3. The van der Waals surface area contributed by atoms with Gasteiger partial charge in [-0.15, -0.1) is 0 Å². The van der Waals surface area contributed by atoms with Crippen molar-refractivity contribution in [2.24, 2.45) is 0 Å². The summed E-state index contributed by atoms with van der Waals surface area (Å²) in [6.07, 6.45) is 3.62. The zero-order chi connectivity index (χ0) is 16.4. The van der Waals surface area contributed by atoms with Crippen LogP contribution in [-0.2, 0) is 6.54 Å². The second kappa shape index (κ2) is 6.26. The van der Waals surface area contributed by atoms with Crippen molar-refractivity contribution < 1.29 is 4.74 Å². The number of hydrogen-bond donors (Lipinski definition) is 1. The lowest BCUT2D eigenvalue weighted by molar-refractivity contribution is 0.385. The van der Waals surface area contributed by atoms with E-state index in [4.69, 9.17) is 4.74 Å². The molecule has 6 heteroatoms. The van der Waals surface area contributed by atoms with Crippen LogP contribution in [0.4, 0.5) is 0 Å². The fourth-order valence-corrected chi connectivity index (χ4v) is 2.51. The van der Waals surface area contributed by atoms with Crippen LogP contribution in [0, 0.1) is 0 Å². The Kier molecular flexibility index (Phi) is 4.16. The molecule has 2 aromatic heterocycles. The maximum atomic E-state index is 12.5. The summed E-state index contributed by atoms with van der Waals surface area (Å²) in [5.74, 6) is 1.40. The molecule has 1 N–H and O–H groups in total. The van der Waals surface area contributed by atoms with Crippen LogP contribution in [0.25, 0.3) is 22.3 Å². The van der Waals surface area contributed by atoms with E-state index < -0.39 is 0 Å². The number of hydrogen-bond acceptors (Lipinski definition) is 4. The zero-order valence-electron chi connectivity index (χ0n) is 13.5. The Morgan fingerprint density at radius 1 is 1.30 bits per heavy atom. The number of benzene rings is 1. The number of aromatic amines is 1. The van der Waals surface area contributed by atoms with Crippen LogP contribution in [0.2, 0.25) is 0 Å². The fourth-order valence-electron chi connectivity index (χ4n) is 2.51. The lowest BCUT2D eigenvalue weighted by atomic mass is 10.1. The van der Waals surface area contributed by atoms with E-state index in [1.54, 1.807) is 13.3 Å². The molecular formula is C17H20N4O2. The molecular weight excluding hydrogens is 292 g/mol. The minimum Gasteiger partial charge on any atom is -0.497 e. The van der Waals surface area contributed by atoms with Crippen molar-refractivity contribution in [3.05, 3.63) is 47.0 Å². The van der Waals surface area contributed by atoms with Gasteiger partial charge < -0.3 is 19.2 Å². The first-order valence-corrected chi connectivity index (χ1v) is 7.46. The highest BCUT2D eigenvalue weighted by Crippen LogP contribution is 2.22. The van der Waals surface area contributed by atoms with Crippen molar-refractivity contribution in [3.63, 3.8) is 0 Å². The summed E-state index contributed by atoms with van der Waals surface area (Å²) in [5.41, 5.74) is 1.18. The van der Waals surface area contributed by atoms with Crippen molar-refractivity contribution in [1.29, 1.82) is 0 Å². The third-order valence-corrected chi connectivity index (χ3v) is 3.80. The molecule has 1 aromatic carbocycles. The molecule has 0 fully saturated rings. The molecule has 120 valence electrons.